The summed E-state index contributed by atoms with van der Waals surface area (Å²) in [6.45, 7) is 0. The standard InChI is InChI=1S/C47H29N3.C43H27N3.C39H25N3/c1-3-11-34-26-39(20-16-30(34)8-1)46-48-45(49-47(50-46)40-21-17-31-9-2-4-12-35(31)27-40)38-14-7-13-36(28-38)37-19-18-33-23-24-42-41-15-6-5-10-32(41)22-25-43(42)44(33)29-37;1-3-12-30(13-4-1)41-44-42(31-14-5-2-6-15-31)46-43(45-41)39-26-25-34(35-17-9-10-18-36(35)39)32-20-19-29-22-23-37-33-16-8-7-11-28(33)21-24-38(37)40(29)27-32;1-3-10-29(11-4-1)37-40-38(30-12-5-2-6-13-30)42-39(41-37)31-18-15-26(16-19-31)32-20-17-28-22-23-34-33-14-8-7-9-27(33)21-24-35(34)36(28)25-32/h1-29H;1-27H;1-25H. The molecule has 27 aromatic rings. The summed E-state index contributed by atoms with van der Waals surface area (Å²) in [5.41, 5.74) is 15.6. The van der Waals surface area contributed by atoms with Crippen molar-refractivity contribution in [3.05, 3.63) is 491 Å². The number of benzene rings is 24. The lowest BCUT2D eigenvalue weighted by Crippen LogP contribution is -2.00. The molecule has 0 fully saturated rings. The molecule has 0 aliphatic carbocycles. The first-order chi connectivity index (χ1) is 68.3. The summed E-state index contributed by atoms with van der Waals surface area (Å²) in [6, 6.07) is 173. The van der Waals surface area contributed by atoms with Crippen LogP contribution in [0.25, 0.3) is 265 Å². The van der Waals surface area contributed by atoms with Crippen molar-refractivity contribution in [2.75, 3.05) is 0 Å². The van der Waals surface area contributed by atoms with Crippen molar-refractivity contribution in [3.8, 4) is 136 Å². The number of fused-ring (bicyclic) bond motifs is 18. The monoisotopic (exact) mass is 1760 g/mol. The molecule has 3 heterocycles. The Hall–Kier alpha value is -18.6. The van der Waals surface area contributed by atoms with Gasteiger partial charge in [-0.2, -0.15) is 0 Å². The third-order valence-corrected chi connectivity index (χ3v) is 26.7. The Morgan fingerprint density at radius 1 is 0.0870 bits per heavy atom. The zero-order chi connectivity index (χ0) is 91.4. The van der Waals surface area contributed by atoms with E-state index in [9.17, 15) is 0 Å². The van der Waals surface area contributed by atoms with Crippen LogP contribution in [0.5, 0.6) is 0 Å². The van der Waals surface area contributed by atoms with Crippen LogP contribution in [-0.2, 0) is 0 Å². The van der Waals surface area contributed by atoms with Gasteiger partial charge in [0.15, 0.2) is 52.4 Å². The highest BCUT2D eigenvalue weighted by Gasteiger charge is 2.22. The number of hydrogen-bond donors (Lipinski definition) is 0. The largest absolute Gasteiger partial charge is 0.208 e. The van der Waals surface area contributed by atoms with Gasteiger partial charge in [-0.15, -0.1) is 0 Å². The number of aromatic nitrogens is 9. The molecule has 642 valence electrons. The van der Waals surface area contributed by atoms with Gasteiger partial charge < -0.3 is 0 Å². The average Bonchev–Trinajstić information content (AvgIpc) is 0.765. The summed E-state index contributed by atoms with van der Waals surface area (Å²) in [4.78, 5) is 44.8. The molecule has 0 aliphatic heterocycles. The second kappa shape index (κ2) is 35.2. The van der Waals surface area contributed by atoms with Gasteiger partial charge in [0.25, 0.3) is 0 Å². The van der Waals surface area contributed by atoms with Gasteiger partial charge in [-0.3, -0.25) is 0 Å². The maximum absolute atomic E-state index is 5.10. The molecule has 0 aliphatic rings. The van der Waals surface area contributed by atoms with E-state index in [2.05, 4.69) is 370 Å². The molecular formula is C129H81N9. The van der Waals surface area contributed by atoms with Crippen molar-refractivity contribution in [1.29, 1.82) is 0 Å². The lowest BCUT2D eigenvalue weighted by Gasteiger charge is -2.14. The molecule has 24 aromatic carbocycles. The highest BCUT2D eigenvalue weighted by molar-refractivity contribution is 6.21. The summed E-state index contributed by atoms with van der Waals surface area (Å²) in [5.74, 6) is 5.91. The van der Waals surface area contributed by atoms with Crippen LogP contribution in [0.15, 0.2) is 491 Å². The molecule has 0 spiro atoms. The van der Waals surface area contributed by atoms with E-state index >= 15 is 0 Å². The predicted molar refractivity (Wildman–Crippen MR) is 575 cm³/mol. The first kappa shape index (κ1) is 81.4. The van der Waals surface area contributed by atoms with Gasteiger partial charge in [0, 0.05) is 50.1 Å². The van der Waals surface area contributed by atoms with Gasteiger partial charge in [0.05, 0.1) is 0 Å². The molecule has 9 nitrogen and oxygen atoms in total. The molecule has 9 heteroatoms. The summed E-state index contributed by atoms with van der Waals surface area (Å²) in [7, 11) is 0. The lowest BCUT2D eigenvalue weighted by molar-refractivity contribution is 1.07. The van der Waals surface area contributed by atoms with Crippen molar-refractivity contribution in [2.24, 2.45) is 0 Å². The van der Waals surface area contributed by atoms with E-state index in [4.69, 9.17) is 44.9 Å². The van der Waals surface area contributed by atoms with Crippen LogP contribution in [0, 0.1) is 0 Å². The number of hydrogen-bond acceptors (Lipinski definition) is 9. The SMILES string of the molecule is c1cc(-c2ccc3ccc4c5ccccc5ccc4c3c2)cc(-c2nc(-c3ccc4ccccc4c3)nc(-c3ccc4ccccc4c3)n2)c1.c1ccc(-c2nc(-c3ccccc3)nc(-c3ccc(-c4ccc5ccc6c7ccccc7ccc6c5c4)c4ccccc34)n2)cc1.c1ccc(-c2nc(-c3ccccc3)nc(-c3ccc(-c4ccc5ccc6c7ccccc7ccc6c5c4)cc3)n2)cc1. The second-order valence-electron chi connectivity index (χ2n) is 35.0. The Bertz CT molecular complexity index is 9250. The minimum Gasteiger partial charge on any atom is -0.208 e. The predicted octanol–water partition coefficient (Wildman–Crippen LogP) is 33.5. The Morgan fingerprint density at radius 3 is 0.696 bits per heavy atom. The fourth-order valence-electron chi connectivity index (χ4n) is 19.7. The Kier molecular flexibility index (Phi) is 20.8. The van der Waals surface area contributed by atoms with E-state index in [0.29, 0.717) is 52.4 Å². The molecule has 0 amide bonds. The first-order valence-corrected chi connectivity index (χ1v) is 46.6. The van der Waals surface area contributed by atoms with Crippen LogP contribution in [0.3, 0.4) is 0 Å². The zero-order valence-corrected chi connectivity index (χ0v) is 74.8. The fourth-order valence-corrected chi connectivity index (χ4v) is 19.7. The van der Waals surface area contributed by atoms with Crippen molar-refractivity contribution in [1.82, 2.24) is 44.9 Å². The van der Waals surface area contributed by atoms with Crippen LogP contribution >= 0.6 is 0 Å². The molecule has 0 bridgehead atoms. The number of rotatable bonds is 12. The third kappa shape index (κ3) is 15.6. The topological polar surface area (TPSA) is 116 Å². The maximum Gasteiger partial charge on any atom is 0.164 e. The number of nitrogens with zero attached hydrogens (tertiary/aromatic N) is 9. The Morgan fingerprint density at radius 2 is 0.304 bits per heavy atom. The minimum absolute atomic E-state index is 0.644. The van der Waals surface area contributed by atoms with Crippen LogP contribution in [0.4, 0.5) is 0 Å². The highest BCUT2D eigenvalue weighted by Crippen LogP contribution is 2.43. The van der Waals surface area contributed by atoms with E-state index in [1.807, 2.05) is 121 Å². The van der Waals surface area contributed by atoms with Gasteiger partial charge >= 0.3 is 0 Å². The van der Waals surface area contributed by atoms with Gasteiger partial charge in [-0.25, -0.2) is 44.9 Å². The first-order valence-electron chi connectivity index (χ1n) is 46.6. The second-order valence-corrected chi connectivity index (χ2v) is 35.0. The van der Waals surface area contributed by atoms with Crippen molar-refractivity contribution in [3.63, 3.8) is 0 Å². The molecule has 0 N–H and O–H groups in total. The Labute approximate surface area is 795 Å². The molecule has 138 heavy (non-hydrogen) atoms. The van der Waals surface area contributed by atoms with E-state index < -0.39 is 0 Å². The van der Waals surface area contributed by atoms with E-state index in [1.165, 1.54) is 124 Å². The third-order valence-electron chi connectivity index (χ3n) is 26.7. The van der Waals surface area contributed by atoms with Crippen molar-refractivity contribution < 1.29 is 0 Å². The molecule has 0 saturated carbocycles. The van der Waals surface area contributed by atoms with E-state index in [0.717, 1.165) is 88.3 Å². The molecule has 27 rings (SSSR count). The van der Waals surface area contributed by atoms with Crippen molar-refractivity contribution >= 4 is 129 Å². The van der Waals surface area contributed by atoms with E-state index in [-0.39, 0.29) is 0 Å². The van der Waals surface area contributed by atoms with Gasteiger partial charge in [-0.05, 0) is 205 Å². The molecule has 3 aromatic heterocycles. The van der Waals surface area contributed by atoms with Gasteiger partial charge in [0.1, 0.15) is 0 Å². The normalized spacial score (nSPS) is 11.5. The van der Waals surface area contributed by atoms with Crippen LogP contribution in [0.1, 0.15) is 0 Å². The zero-order valence-electron chi connectivity index (χ0n) is 74.8. The summed E-state index contributed by atoms with van der Waals surface area (Å²) < 4.78 is 0. The van der Waals surface area contributed by atoms with Crippen LogP contribution in [0.2, 0.25) is 0 Å². The molecular weight excluding hydrogens is 1680 g/mol. The highest BCUT2D eigenvalue weighted by atomic mass is 15.1. The smallest absolute Gasteiger partial charge is 0.164 e. The molecule has 0 radical (unpaired) electrons. The van der Waals surface area contributed by atoms with Crippen LogP contribution in [-0.4, -0.2) is 44.9 Å². The summed E-state index contributed by atoms with van der Waals surface area (Å²) >= 11 is 0. The summed E-state index contributed by atoms with van der Waals surface area (Å²) in [5, 5.41) is 29.7. The summed E-state index contributed by atoms with van der Waals surface area (Å²) in [6.07, 6.45) is 0. The lowest BCUT2D eigenvalue weighted by atomic mass is 9.91. The fraction of sp³-hybridized carbons (Fsp3) is 0. The quantitative estimate of drug-likeness (QED) is 0.110. The molecule has 0 atom stereocenters. The molecule has 0 unspecified atom stereocenters. The van der Waals surface area contributed by atoms with Crippen molar-refractivity contribution in [2.45, 2.75) is 0 Å². The molecule has 0 saturated heterocycles. The minimum atomic E-state index is 0.644. The maximum atomic E-state index is 5.10. The average molecular weight is 1760 g/mol. The Balaban J connectivity index is 0.000000110. The van der Waals surface area contributed by atoms with Gasteiger partial charge in [0.2, 0.25) is 0 Å². The van der Waals surface area contributed by atoms with E-state index in [1.54, 1.807) is 0 Å². The van der Waals surface area contributed by atoms with Gasteiger partial charge in [-0.1, -0.05) is 449 Å². The van der Waals surface area contributed by atoms with Crippen LogP contribution < -0.4 is 0 Å².